The van der Waals surface area contributed by atoms with Crippen molar-refractivity contribution in [2.45, 2.75) is 25.8 Å². The Morgan fingerprint density at radius 1 is 1.02 bits per heavy atom. The van der Waals surface area contributed by atoms with Crippen LogP contribution in [0.25, 0.3) is 10.9 Å². The summed E-state index contributed by atoms with van der Waals surface area (Å²) in [7, 11) is 4.26. The van der Waals surface area contributed by atoms with Crippen LogP contribution in [0, 0.1) is 6.92 Å². The summed E-state index contributed by atoms with van der Waals surface area (Å²) in [5.41, 5.74) is 4.19. The number of aromatic amines is 1. The second-order valence-electron chi connectivity index (χ2n) is 11.0. The Bertz CT molecular complexity index is 1600. The molecule has 42 heavy (non-hydrogen) atoms. The molecule has 0 aliphatic carbocycles. The van der Waals surface area contributed by atoms with Crippen molar-refractivity contribution in [3.05, 3.63) is 94.5 Å². The lowest BCUT2D eigenvalue weighted by molar-refractivity contribution is 0.0696. The Morgan fingerprint density at radius 2 is 1.71 bits per heavy atom. The van der Waals surface area contributed by atoms with Gasteiger partial charge in [-0.1, -0.05) is 30.3 Å². The molecule has 4 N–H and O–H groups in total. The Kier molecular flexibility index (Phi) is 8.70. The molecule has 1 amide bonds. The maximum absolute atomic E-state index is 12.8. The number of hydrogen-bond acceptors (Lipinski definition) is 6. The van der Waals surface area contributed by atoms with E-state index in [0.29, 0.717) is 51.6 Å². The van der Waals surface area contributed by atoms with Crippen LogP contribution in [0.15, 0.2) is 71.7 Å². The molecule has 2 heterocycles. The number of H-pyrrole nitrogens is 1. The molecular formula is C33H37N5O4. The topological polar surface area (TPSA) is 121 Å². The van der Waals surface area contributed by atoms with Gasteiger partial charge in [-0.3, -0.25) is 4.79 Å². The van der Waals surface area contributed by atoms with E-state index in [1.165, 1.54) is 6.07 Å². The van der Waals surface area contributed by atoms with E-state index in [0.717, 1.165) is 38.0 Å². The molecule has 218 valence electrons. The summed E-state index contributed by atoms with van der Waals surface area (Å²) in [5.74, 6) is -1.26. The molecule has 1 aliphatic heterocycles. The average Bonchev–Trinajstić information content (AvgIpc) is 3.30. The number of benzene rings is 3. The van der Waals surface area contributed by atoms with Gasteiger partial charge in [0.15, 0.2) is 5.88 Å². The molecular weight excluding hydrogens is 530 g/mol. The highest BCUT2D eigenvalue weighted by molar-refractivity contribution is 6.22. The molecule has 0 radical (unpaired) electrons. The Hall–Kier alpha value is -4.47. The number of hydrogen-bond donors (Lipinski definition) is 4. The minimum absolute atomic E-state index is 0.100. The van der Waals surface area contributed by atoms with Crippen LogP contribution in [0.1, 0.15) is 50.2 Å². The van der Waals surface area contributed by atoms with E-state index in [9.17, 15) is 19.8 Å². The zero-order valence-electron chi connectivity index (χ0n) is 24.2. The minimum Gasteiger partial charge on any atom is -0.494 e. The molecule has 5 rings (SSSR count). The number of aromatic nitrogens is 1. The van der Waals surface area contributed by atoms with Crippen LogP contribution in [-0.4, -0.2) is 88.9 Å². The van der Waals surface area contributed by atoms with Gasteiger partial charge in [-0.05, 0) is 88.9 Å². The molecule has 1 fully saturated rings. The number of aryl methyl sites for hydroxylation is 1. The fraction of sp³-hybridized carbons (Fsp3) is 0.303. The van der Waals surface area contributed by atoms with Gasteiger partial charge in [-0.2, -0.15) is 0 Å². The van der Waals surface area contributed by atoms with Crippen LogP contribution in [0.3, 0.4) is 0 Å². The van der Waals surface area contributed by atoms with Gasteiger partial charge in [0, 0.05) is 41.2 Å². The third-order valence-electron chi connectivity index (χ3n) is 8.01. The van der Waals surface area contributed by atoms with Gasteiger partial charge >= 0.3 is 5.97 Å². The van der Waals surface area contributed by atoms with Crippen molar-refractivity contribution in [3.8, 4) is 5.88 Å². The number of likely N-dealkylation sites (tertiary alicyclic amines) is 1. The van der Waals surface area contributed by atoms with Crippen molar-refractivity contribution in [3.63, 3.8) is 0 Å². The van der Waals surface area contributed by atoms with Crippen LogP contribution in [0.4, 0.5) is 5.69 Å². The van der Waals surface area contributed by atoms with Crippen molar-refractivity contribution >= 4 is 34.2 Å². The quantitative estimate of drug-likeness (QED) is 0.216. The standard InChI is InChI=1S/C33H37N5O4/c1-21-19-27-28(20-26(21)33(41)42)36-32(40)29(27)30(22-7-5-4-6-8-22)35-24-11-9-23(10-12-24)31(39)34-15-18-38-16-13-25(14-17-38)37(2)3/h4-12,19-20,25,36,40H,13-18H2,1-3H3,(H,34,39)(H,41,42). The first-order valence-corrected chi connectivity index (χ1v) is 14.2. The molecule has 9 nitrogen and oxygen atoms in total. The first-order chi connectivity index (χ1) is 20.2. The summed E-state index contributed by atoms with van der Waals surface area (Å²) >= 11 is 0. The van der Waals surface area contributed by atoms with E-state index in [1.807, 2.05) is 30.3 Å². The number of aliphatic imine (C=N–C) groups is 1. The molecule has 0 atom stereocenters. The van der Waals surface area contributed by atoms with Gasteiger partial charge in [0.1, 0.15) is 0 Å². The van der Waals surface area contributed by atoms with Gasteiger partial charge in [0.2, 0.25) is 0 Å². The van der Waals surface area contributed by atoms with Crippen LogP contribution < -0.4 is 5.32 Å². The van der Waals surface area contributed by atoms with Crippen LogP contribution in [0.5, 0.6) is 5.88 Å². The number of amides is 1. The number of nitrogens with zero attached hydrogens (tertiary/aromatic N) is 3. The third-order valence-corrected chi connectivity index (χ3v) is 8.01. The van der Waals surface area contributed by atoms with Crippen molar-refractivity contribution < 1.29 is 19.8 Å². The summed E-state index contributed by atoms with van der Waals surface area (Å²) < 4.78 is 0. The summed E-state index contributed by atoms with van der Waals surface area (Å²) in [6, 6.07) is 20.5. The normalized spacial score (nSPS) is 14.9. The van der Waals surface area contributed by atoms with Gasteiger partial charge in [0.05, 0.1) is 22.5 Å². The smallest absolute Gasteiger partial charge is 0.336 e. The first-order valence-electron chi connectivity index (χ1n) is 14.2. The number of carboxylic acid groups (broad SMARTS) is 1. The lowest BCUT2D eigenvalue weighted by Crippen LogP contribution is -2.44. The van der Waals surface area contributed by atoms with Crippen LogP contribution >= 0.6 is 0 Å². The number of carboxylic acids is 1. The predicted octanol–water partition coefficient (Wildman–Crippen LogP) is 4.81. The molecule has 3 aromatic carbocycles. The molecule has 0 saturated carbocycles. The number of aromatic carboxylic acids is 1. The molecule has 1 aromatic heterocycles. The van der Waals surface area contributed by atoms with Gasteiger partial charge < -0.3 is 30.3 Å². The van der Waals surface area contributed by atoms with Crippen molar-refractivity contribution in [2.24, 2.45) is 4.99 Å². The van der Waals surface area contributed by atoms with Crippen molar-refractivity contribution in [1.82, 2.24) is 20.1 Å². The monoisotopic (exact) mass is 567 g/mol. The van der Waals surface area contributed by atoms with E-state index < -0.39 is 5.97 Å². The third kappa shape index (κ3) is 6.37. The SMILES string of the molecule is Cc1cc2c(C(=Nc3ccc(C(=O)NCCN4CCC(N(C)C)CC4)cc3)c3ccccc3)c(O)[nH]c2cc1C(=O)O. The molecule has 9 heteroatoms. The summed E-state index contributed by atoms with van der Waals surface area (Å²) in [6.07, 6.45) is 2.29. The van der Waals surface area contributed by atoms with E-state index in [2.05, 4.69) is 34.2 Å². The molecule has 0 spiro atoms. The maximum Gasteiger partial charge on any atom is 0.336 e. The number of piperidine rings is 1. The van der Waals surface area contributed by atoms with Crippen LogP contribution in [-0.2, 0) is 0 Å². The highest BCUT2D eigenvalue weighted by atomic mass is 16.4. The zero-order chi connectivity index (χ0) is 29.8. The zero-order valence-corrected chi connectivity index (χ0v) is 24.2. The number of fused-ring (bicyclic) bond motifs is 1. The number of nitrogens with one attached hydrogen (secondary N) is 2. The summed E-state index contributed by atoms with van der Waals surface area (Å²) in [5, 5.41) is 24.2. The number of rotatable bonds is 9. The van der Waals surface area contributed by atoms with E-state index in [-0.39, 0.29) is 17.4 Å². The van der Waals surface area contributed by atoms with Gasteiger partial charge in [0.25, 0.3) is 5.91 Å². The molecule has 0 bridgehead atoms. The minimum atomic E-state index is -1.03. The summed E-state index contributed by atoms with van der Waals surface area (Å²) in [6.45, 7) is 5.23. The lowest BCUT2D eigenvalue weighted by Gasteiger charge is -2.35. The van der Waals surface area contributed by atoms with E-state index in [4.69, 9.17) is 4.99 Å². The average molecular weight is 568 g/mol. The first kappa shape index (κ1) is 29.0. The van der Waals surface area contributed by atoms with E-state index >= 15 is 0 Å². The highest BCUT2D eigenvalue weighted by Crippen LogP contribution is 2.33. The van der Waals surface area contributed by atoms with Crippen molar-refractivity contribution in [2.75, 3.05) is 40.3 Å². The summed E-state index contributed by atoms with van der Waals surface area (Å²) in [4.78, 5) is 37.0. The Morgan fingerprint density at radius 3 is 2.36 bits per heavy atom. The largest absolute Gasteiger partial charge is 0.494 e. The predicted molar refractivity (Wildman–Crippen MR) is 165 cm³/mol. The second kappa shape index (κ2) is 12.6. The molecule has 1 saturated heterocycles. The van der Waals surface area contributed by atoms with Gasteiger partial charge in [-0.15, -0.1) is 0 Å². The van der Waals surface area contributed by atoms with Gasteiger partial charge in [-0.25, -0.2) is 9.79 Å². The molecule has 1 aliphatic rings. The number of carbonyl (C=O) groups is 2. The Labute approximate surface area is 245 Å². The van der Waals surface area contributed by atoms with Crippen LogP contribution in [0.2, 0.25) is 0 Å². The van der Waals surface area contributed by atoms with E-state index in [1.54, 1.807) is 37.3 Å². The maximum atomic E-state index is 12.8. The highest BCUT2D eigenvalue weighted by Gasteiger charge is 2.22. The Balaban J connectivity index is 1.35. The fourth-order valence-electron chi connectivity index (χ4n) is 5.57. The molecule has 0 unspecified atom stereocenters. The lowest BCUT2D eigenvalue weighted by atomic mass is 9.98. The van der Waals surface area contributed by atoms with Crippen molar-refractivity contribution in [1.29, 1.82) is 0 Å². The number of aromatic hydroxyl groups is 1. The second-order valence-corrected chi connectivity index (χ2v) is 11.0. The number of carbonyl (C=O) groups excluding carboxylic acids is 1. The fourth-order valence-corrected chi connectivity index (χ4v) is 5.57. The molecule has 4 aromatic rings.